The van der Waals surface area contributed by atoms with Crippen LogP contribution in [0.1, 0.15) is 12.2 Å². The molecule has 1 atom stereocenters. The van der Waals surface area contributed by atoms with Gasteiger partial charge >= 0.3 is 0 Å². The van der Waals surface area contributed by atoms with Crippen LogP contribution in [0.5, 0.6) is 0 Å². The van der Waals surface area contributed by atoms with Crippen LogP contribution in [0.15, 0.2) is 53.1 Å². The van der Waals surface area contributed by atoms with Crippen molar-refractivity contribution in [2.75, 3.05) is 11.4 Å². The lowest BCUT2D eigenvalue weighted by Crippen LogP contribution is -2.32. The average molecular weight is 256 g/mol. The van der Waals surface area contributed by atoms with Crippen LogP contribution in [0.2, 0.25) is 0 Å². The average Bonchev–Trinajstić information content (AvgIpc) is 3.07. The van der Waals surface area contributed by atoms with E-state index in [4.69, 9.17) is 4.42 Å². The van der Waals surface area contributed by atoms with Gasteiger partial charge in [0, 0.05) is 24.7 Å². The van der Waals surface area contributed by atoms with Gasteiger partial charge in [0.25, 0.3) is 0 Å². The van der Waals surface area contributed by atoms with Crippen LogP contribution in [0.4, 0.5) is 5.69 Å². The molecule has 1 aromatic carbocycles. The molecule has 0 saturated carbocycles. The van der Waals surface area contributed by atoms with E-state index in [1.807, 2.05) is 47.4 Å². The maximum absolute atomic E-state index is 12.0. The van der Waals surface area contributed by atoms with Crippen molar-refractivity contribution >= 4 is 11.6 Å². The van der Waals surface area contributed by atoms with Crippen molar-refractivity contribution in [3.8, 4) is 0 Å². The van der Waals surface area contributed by atoms with Gasteiger partial charge in [0.05, 0.1) is 12.8 Å². The Morgan fingerprint density at radius 1 is 1.21 bits per heavy atom. The number of nitrogens with one attached hydrogen (secondary N) is 1. The number of carbonyl (C=O) groups excluding carboxylic acids is 1. The normalized spacial score (nSPS) is 19.1. The first-order valence-corrected chi connectivity index (χ1v) is 6.44. The third-order valence-electron chi connectivity index (χ3n) is 3.34. The Bertz CT molecular complexity index is 537. The predicted octanol–water partition coefficient (Wildman–Crippen LogP) is 2.17. The van der Waals surface area contributed by atoms with Crippen LogP contribution in [-0.4, -0.2) is 18.5 Å². The van der Waals surface area contributed by atoms with Crippen molar-refractivity contribution in [2.24, 2.45) is 0 Å². The minimum Gasteiger partial charge on any atom is -0.468 e. The van der Waals surface area contributed by atoms with Crippen LogP contribution < -0.4 is 10.2 Å². The van der Waals surface area contributed by atoms with E-state index in [0.717, 1.165) is 11.4 Å². The molecular weight excluding hydrogens is 240 g/mol. The van der Waals surface area contributed by atoms with Crippen molar-refractivity contribution in [1.82, 2.24) is 5.32 Å². The van der Waals surface area contributed by atoms with Gasteiger partial charge in [-0.05, 0) is 24.3 Å². The van der Waals surface area contributed by atoms with E-state index < -0.39 is 0 Å². The van der Waals surface area contributed by atoms with Crippen molar-refractivity contribution in [1.29, 1.82) is 0 Å². The van der Waals surface area contributed by atoms with Gasteiger partial charge in [-0.25, -0.2) is 0 Å². The summed E-state index contributed by atoms with van der Waals surface area (Å²) in [4.78, 5) is 13.8. The van der Waals surface area contributed by atoms with E-state index in [1.165, 1.54) is 0 Å². The number of nitrogens with zero attached hydrogens (tertiary/aromatic N) is 1. The minimum absolute atomic E-state index is 0.170. The van der Waals surface area contributed by atoms with Crippen LogP contribution >= 0.6 is 0 Å². The van der Waals surface area contributed by atoms with Gasteiger partial charge in [0.1, 0.15) is 5.76 Å². The second-order valence-corrected chi connectivity index (χ2v) is 4.70. The summed E-state index contributed by atoms with van der Waals surface area (Å²) < 4.78 is 5.27. The first-order valence-electron chi connectivity index (χ1n) is 6.44. The Hall–Kier alpha value is -2.07. The molecule has 2 aromatic rings. The summed E-state index contributed by atoms with van der Waals surface area (Å²) in [5, 5.41) is 3.36. The zero-order valence-corrected chi connectivity index (χ0v) is 10.6. The number of para-hydroxylation sites is 1. The molecule has 1 fully saturated rings. The number of rotatable bonds is 4. The Morgan fingerprint density at radius 2 is 2.05 bits per heavy atom. The molecular formula is C15H16N2O2. The van der Waals surface area contributed by atoms with E-state index in [1.54, 1.807) is 6.26 Å². The lowest BCUT2D eigenvalue weighted by molar-refractivity contribution is -0.117. The first-order chi connectivity index (χ1) is 9.33. The highest BCUT2D eigenvalue weighted by Crippen LogP contribution is 2.21. The molecule has 0 bridgehead atoms. The van der Waals surface area contributed by atoms with E-state index in [-0.39, 0.29) is 11.9 Å². The van der Waals surface area contributed by atoms with Crippen LogP contribution in [0.25, 0.3) is 0 Å². The highest BCUT2D eigenvalue weighted by atomic mass is 16.3. The molecule has 4 nitrogen and oxygen atoms in total. The van der Waals surface area contributed by atoms with E-state index in [9.17, 15) is 4.79 Å². The fourth-order valence-electron chi connectivity index (χ4n) is 2.36. The Labute approximate surface area is 112 Å². The number of anilines is 1. The van der Waals surface area contributed by atoms with E-state index >= 15 is 0 Å². The number of furan rings is 1. The van der Waals surface area contributed by atoms with Crippen LogP contribution in [0.3, 0.4) is 0 Å². The number of hydrogen-bond acceptors (Lipinski definition) is 3. The summed E-state index contributed by atoms with van der Waals surface area (Å²) in [6, 6.07) is 13.8. The molecule has 1 aliphatic heterocycles. The molecule has 2 heterocycles. The SMILES string of the molecule is O=C1CC(NCc2ccco2)CN1c1ccccc1. The van der Waals surface area contributed by atoms with Gasteiger partial charge in [-0.3, -0.25) is 4.79 Å². The maximum atomic E-state index is 12.0. The molecule has 98 valence electrons. The van der Waals surface area contributed by atoms with Gasteiger partial charge in [-0.1, -0.05) is 18.2 Å². The van der Waals surface area contributed by atoms with Crippen molar-refractivity contribution in [2.45, 2.75) is 19.0 Å². The Morgan fingerprint density at radius 3 is 2.79 bits per heavy atom. The Kier molecular flexibility index (Phi) is 3.33. The molecule has 0 spiro atoms. The summed E-state index contributed by atoms with van der Waals surface area (Å²) in [7, 11) is 0. The topological polar surface area (TPSA) is 45.5 Å². The smallest absolute Gasteiger partial charge is 0.228 e. The number of benzene rings is 1. The van der Waals surface area contributed by atoms with Gasteiger partial charge < -0.3 is 14.6 Å². The maximum Gasteiger partial charge on any atom is 0.228 e. The zero-order chi connectivity index (χ0) is 13.1. The number of amides is 1. The molecule has 1 unspecified atom stereocenters. The van der Waals surface area contributed by atoms with Crippen LogP contribution in [-0.2, 0) is 11.3 Å². The molecule has 1 amide bonds. The van der Waals surface area contributed by atoms with Gasteiger partial charge in [0.15, 0.2) is 0 Å². The highest BCUT2D eigenvalue weighted by Gasteiger charge is 2.30. The molecule has 1 saturated heterocycles. The lowest BCUT2D eigenvalue weighted by atomic mass is 10.2. The quantitative estimate of drug-likeness (QED) is 0.912. The largest absolute Gasteiger partial charge is 0.468 e. The molecule has 4 heteroatoms. The lowest BCUT2D eigenvalue weighted by Gasteiger charge is -2.16. The predicted molar refractivity (Wildman–Crippen MR) is 72.7 cm³/mol. The number of carbonyl (C=O) groups is 1. The van der Waals surface area contributed by atoms with Gasteiger partial charge in [-0.15, -0.1) is 0 Å². The molecule has 0 aliphatic carbocycles. The van der Waals surface area contributed by atoms with Gasteiger partial charge in [0.2, 0.25) is 5.91 Å². The van der Waals surface area contributed by atoms with Crippen molar-refractivity contribution < 1.29 is 9.21 Å². The highest BCUT2D eigenvalue weighted by molar-refractivity contribution is 5.96. The molecule has 1 N–H and O–H groups in total. The monoisotopic (exact) mass is 256 g/mol. The van der Waals surface area contributed by atoms with Gasteiger partial charge in [-0.2, -0.15) is 0 Å². The third-order valence-corrected chi connectivity index (χ3v) is 3.34. The van der Waals surface area contributed by atoms with Crippen molar-refractivity contribution in [3.05, 3.63) is 54.5 Å². The van der Waals surface area contributed by atoms with Crippen molar-refractivity contribution in [3.63, 3.8) is 0 Å². The molecule has 3 rings (SSSR count). The first kappa shape index (κ1) is 12.0. The Balaban J connectivity index is 1.61. The minimum atomic E-state index is 0.170. The van der Waals surface area contributed by atoms with Crippen LogP contribution in [0, 0.1) is 0 Å². The summed E-state index contributed by atoms with van der Waals surface area (Å²) in [5.41, 5.74) is 0.967. The number of hydrogen-bond donors (Lipinski definition) is 1. The summed E-state index contributed by atoms with van der Waals surface area (Å²) in [5.74, 6) is 1.06. The third kappa shape index (κ3) is 2.69. The zero-order valence-electron chi connectivity index (χ0n) is 10.6. The molecule has 19 heavy (non-hydrogen) atoms. The van der Waals surface area contributed by atoms with E-state index in [2.05, 4.69) is 5.32 Å². The fraction of sp³-hybridized carbons (Fsp3) is 0.267. The fourth-order valence-corrected chi connectivity index (χ4v) is 2.36. The second-order valence-electron chi connectivity index (χ2n) is 4.70. The molecule has 1 aliphatic rings. The van der Waals surface area contributed by atoms with E-state index in [0.29, 0.717) is 19.5 Å². The standard InChI is InChI=1S/C15H16N2O2/c18-15-9-12(16-10-14-7-4-8-19-14)11-17(15)13-5-2-1-3-6-13/h1-8,12,16H,9-11H2. The second kappa shape index (κ2) is 5.28. The molecule has 0 radical (unpaired) electrons. The summed E-state index contributed by atoms with van der Waals surface area (Å²) >= 11 is 0. The molecule has 1 aromatic heterocycles. The summed E-state index contributed by atoms with van der Waals surface area (Å²) in [6.07, 6.45) is 2.20. The summed E-state index contributed by atoms with van der Waals surface area (Å²) in [6.45, 7) is 1.37.